The van der Waals surface area contributed by atoms with E-state index in [0.29, 0.717) is 18.0 Å². The molecule has 0 radical (unpaired) electrons. The van der Waals surface area contributed by atoms with Gasteiger partial charge in [0.25, 0.3) is 0 Å². The summed E-state index contributed by atoms with van der Waals surface area (Å²) in [4.78, 5) is 49.5. The first-order chi connectivity index (χ1) is 26.1. The molecule has 0 spiro atoms. The number of thioether (sulfide) groups is 1. The molecular weight excluding hydrogens is 701 g/mol. The number of amides is 2. The number of rotatable bonds is 11. The summed E-state index contributed by atoms with van der Waals surface area (Å²) < 4.78 is 10.5. The number of aldehydes is 1. The van der Waals surface area contributed by atoms with Crippen LogP contribution < -0.4 is 10.2 Å². The van der Waals surface area contributed by atoms with Gasteiger partial charge in [0.2, 0.25) is 5.91 Å². The number of allylic oxidation sites excluding steroid dienone is 3. The molecule has 2 saturated heterocycles. The van der Waals surface area contributed by atoms with Crippen molar-refractivity contribution in [3.8, 4) is 0 Å². The lowest BCUT2D eigenvalue weighted by Gasteiger charge is -2.28. The zero-order chi connectivity index (χ0) is 39.9. The Morgan fingerprint density at radius 3 is 2.28 bits per heavy atom. The van der Waals surface area contributed by atoms with Gasteiger partial charge in [0.1, 0.15) is 12.9 Å². The van der Waals surface area contributed by atoms with E-state index >= 15 is 0 Å². The number of ether oxygens (including phenoxy) is 2. The number of anilines is 1. The highest BCUT2D eigenvalue weighted by Gasteiger charge is 2.40. The number of carbonyl (C=O) groups excluding carboxylic acids is 3. The third-order valence-corrected chi connectivity index (χ3v) is 9.85. The molecule has 54 heavy (non-hydrogen) atoms. The van der Waals surface area contributed by atoms with E-state index in [0.717, 1.165) is 43.2 Å². The number of carbonyl (C=O) groups is 3. The van der Waals surface area contributed by atoms with Crippen LogP contribution in [0.5, 0.6) is 0 Å². The van der Waals surface area contributed by atoms with Crippen molar-refractivity contribution in [2.45, 2.75) is 66.0 Å². The average molecular weight is 759 g/mol. The predicted octanol–water partition coefficient (Wildman–Crippen LogP) is 7.87. The third kappa shape index (κ3) is 14.8. The van der Waals surface area contributed by atoms with Crippen molar-refractivity contribution in [2.24, 2.45) is 10.9 Å². The molecule has 5 rings (SSSR count). The van der Waals surface area contributed by atoms with Gasteiger partial charge in [-0.15, -0.1) is 6.58 Å². The first kappa shape index (κ1) is 45.2. The molecule has 3 aromatic rings. The quantitative estimate of drug-likeness (QED) is 0.154. The van der Waals surface area contributed by atoms with Gasteiger partial charge >= 0.3 is 6.09 Å². The highest BCUT2D eigenvalue weighted by atomic mass is 32.2. The van der Waals surface area contributed by atoms with E-state index in [1.165, 1.54) is 35.1 Å². The molecule has 2 unspecified atom stereocenters. The maximum Gasteiger partial charge on any atom is 0.410 e. The van der Waals surface area contributed by atoms with E-state index in [-0.39, 0.29) is 23.7 Å². The van der Waals surface area contributed by atoms with Crippen molar-refractivity contribution in [1.29, 1.82) is 0 Å². The molecule has 11 nitrogen and oxygen atoms in total. The van der Waals surface area contributed by atoms with E-state index in [1.807, 2.05) is 114 Å². The summed E-state index contributed by atoms with van der Waals surface area (Å²) in [6.07, 6.45) is 5.80. The van der Waals surface area contributed by atoms with Gasteiger partial charge in [-0.3, -0.25) is 14.7 Å². The molecule has 2 aliphatic rings. The largest absolute Gasteiger partial charge is 0.445 e. The van der Waals surface area contributed by atoms with Crippen LogP contribution in [0.4, 0.5) is 16.2 Å². The number of aromatic nitrogens is 1. The minimum Gasteiger partial charge on any atom is -0.445 e. The minimum absolute atomic E-state index is 0.0572. The van der Waals surface area contributed by atoms with Crippen LogP contribution >= 0.6 is 11.8 Å². The fourth-order valence-electron chi connectivity index (χ4n) is 4.71. The zero-order valence-electron chi connectivity index (χ0n) is 33.1. The molecule has 0 saturated carbocycles. The van der Waals surface area contributed by atoms with E-state index in [4.69, 9.17) is 14.5 Å². The highest BCUT2D eigenvalue weighted by Crippen LogP contribution is 2.35. The summed E-state index contributed by atoms with van der Waals surface area (Å²) in [6, 6.07) is 22.8. The summed E-state index contributed by atoms with van der Waals surface area (Å²) in [5, 5.41) is 3.48. The van der Waals surface area contributed by atoms with Crippen LogP contribution in [0, 0.1) is 5.92 Å². The van der Waals surface area contributed by atoms with Gasteiger partial charge in [-0.25, -0.2) is 9.79 Å². The topological polar surface area (TPSA) is 117 Å². The van der Waals surface area contributed by atoms with Crippen molar-refractivity contribution in [2.75, 3.05) is 45.3 Å². The fraction of sp³-hybridized carbons (Fsp3) is 0.405. The Kier molecular flexibility index (Phi) is 21.1. The standard InChI is InChI=1S/C23H26N4O2S.C12H15NO3.C5H11N.C2H6/c1-3-17(2)21-22(28)27(16-19-6-4-5-11-24-19)23(30-21)25-18-7-9-20(10-8-18)26-12-14-29-15-13-26;1-10(8-14)13(2)12(15)16-9-11-6-4-3-5-7-11;1-4-5(2)6-3;1-2/h3-11,17,21H,1,12-16H2,2H3;3-8,10H,9H2,1-2H3;4,6H,1-3H3;1-2H3/b;;5-4+;/t;10-;;/m.0../s1. The minimum atomic E-state index is -0.497. The van der Waals surface area contributed by atoms with Crippen LogP contribution in [0.2, 0.25) is 0 Å². The van der Waals surface area contributed by atoms with E-state index < -0.39 is 12.1 Å². The molecule has 2 amide bonds. The highest BCUT2D eigenvalue weighted by molar-refractivity contribution is 8.15. The number of hydrogen-bond acceptors (Lipinski definition) is 10. The molecule has 2 aliphatic heterocycles. The van der Waals surface area contributed by atoms with Crippen molar-refractivity contribution in [3.05, 3.63) is 115 Å². The van der Waals surface area contributed by atoms with Crippen molar-refractivity contribution in [3.63, 3.8) is 0 Å². The molecule has 1 N–H and O–H groups in total. The molecular formula is C42H58N6O5S. The molecule has 0 bridgehead atoms. The maximum atomic E-state index is 13.1. The Bertz CT molecular complexity index is 1620. The molecule has 3 heterocycles. The van der Waals surface area contributed by atoms with Crippen LogP contribution in [-0.2, 0) is 32.2 Å². The molecule has 3 atom stereocenters. The number of likely N-dealkylation sites (N-methyl/N-ethyl adjacent to an activating group) is 1. The number of nitrogens with zero attached hydrogens (tertiary/aromatic N) is 5. The number of aliphatic imine (C=N–C) groups is 1. The van der Waals surface area contributed by atoms with E-state index in [9.17, 15) is 14.4 Å². The van der Waals surface area contributed by atoms with Gasteiger partial charge in [0, 0.05) is 44.8 Å². The number of pyridine rings is 1. The van der Waals surface area contributed by atoms with Crippen LogP contribution in [0.15, 0.2) is 108 Å². The Morgan fingerprint density at radius 2 is 1.74 bits per heavy atom. The lowest BCUT2D eigenvalue weighted by atomic mass is 10.1. The summed E-state index contributed by atoms with van der Waals surface area (Å²) in [6.45, 7) is 19.5. The lowest BCUT2D eigenvalue weighted by Crippen LogP contribution is -2.36. The van der Waals surface area contributed by atoms with Crippen molar-refractivity contribution < 1.29 is 23.9 Å². The number of nitrogens with one attached hydrogen (secondary N) is 1. The van der Waals surface area contributed by atoms with E-state index in [2.05, 4.69) is 33.9 Å². The monoisotopic (exact) mass is 758 g/mol. The van der Waals surface area contributed by atoms with Crippen LogP contribution in [0.3, 0.4) is 0 Å². The SMILES string of the molecule is C/C=C(\C)NC.C=CC(C)C1SC(=Nc2ccc(N3CCOCC3)cc2)N(Cc2ccccn2)C1=O.CC.C[C@@H](C=O)N(C)C(=O)OCc1ccccc1. The van der Waals surface area contributed by atoms with Gasteiger partial charge < -0.3 is 29.4 Å². The predicted molar refractivity (Wildman–Crippen MR) is 222 cm³/mol. The van der Waals surface area contributed by atoms with Gasteiger partial charge in [-0.1, -0.05) is 81.1 Å². The maximum absolute atomic E-state index is 13.1. The number of hydrogen-bond donors (Lipinski definition) is 1. The molecule has 2 aromatic carbocycles. The molecule has 2 fully saturated rings. The first-order valence-electron chi connectivity index (χ1n) is 18.3. The first-order valence-corrected chi connectivity index (χ1v) is 19.2. The average Bonchev–Trinajstić information content (AvgIpc) is 3.54. The van der Waals surface area contributed by atoms with Gasteiger partial charge in [-0.05, 0) is 68.7 Å². The number of morpholine rings is 1. The fourth-order valence-corrected chi connectivity index (χ4v) is 5.93. The number of benzene rings is 2. The van der Waals surface area contributed by atoms with Gasteiger partial charge in [0.05, 0.1) is 42.4 Å². The summed E-state index contributed by atoms with van der Waals surface area (Å²) in [5.74, 6) is 0.117. The second-order valence-electron chi connectivity index (χ2n) is 12.1. The molecule has 292 valence electrons. The number of amidine groups is 1. The Balaban J connectivity index is 0.000000352. The van der Waals surface area contributed by atoms with Gasteiger partial charge in [0.15, 0.2) is 5.17 Å². The molecule has 12 heteroatoms. The second-order valence-corrected chi connectivity index (χ2v) is 13.2. The summed E-state index contributed by atoms with van der Waals surface area (Å²) in [5.41, 5.74) is 4.98. The lowest BCUT2D eigenvalue weighted by molar-refractivity contribution is -0.127. The smallest absolute Gasteiger partial charge is 0.410 e. The van der Waals surface area contributed by atoms with Crippen molar-refractivity contribution >= 4 is 46.6 Å². The summed E-state index contributed by atoms with van der Waals surface area (Å²) >= 11 is 1.51. The molecule has 1 aromatic heterocycles. The van der Waals surface area contributed by atoms with Crippen LogP contribution in [0.25, 0.3) is 0 Å². The molecule has 0 aliphatic carbocycles. The van der Waals surface area contributed by atoms with Gasteiger partial charge in [-0.2, -0.15) is 0 Å². The Labute approximate surface area is 326 Å². The van der Waals surface area contributed by atoms with Crippen LogP contribution in [0.1, 0.15) is 52.8 Å². The second kappa shape index (κ2) is 25.1. The van der Waals surface area contributed by atoms with Crippen LogP contribution in [-0.4, -0.2) is 89.9 Å². The van der Waals surface area contributed by atoms with Crippen molar-refractivity contribution in [1.82, 2.24) is 20.1 Å². The normalized spacial score (nSPS) is 17.0. The van der Waals surface area contributed by atoms with E-state index in [1.54, 1.807) is 18.0 Å². The zero-order valence-corrected chi connectivity index (χ0v) is 33.9. The Morgan fingerprint density at radius 1 is 1.09 bits per heavy atom. The summed E-state index contributed by atoms with van der Waals surface area (Å²) in [7, 11) is 3.45. The Hall–Kier alpha value is -4.94. The third-order valence-electron chi connectivity index (χ3n) is 8.45.